The second-order valence-corrected chi connectivity index (χ2v) is 10.9. The van der Waals surface area contributed by atoms with E-state index in [1.165, 1.54) is 89.9 Å². The van der Waals surface area contributed by atoms with E-state index in [-0.39, 0.29) is 36.2 Å². The Morgan fingerprint density at radius 3 is 1.59 bits per heavy atom. The summed E-state index contributed by atoms with van der Waals surface area (Å²) in [7, 11) is 0.544. The minimum absolute atomic E-state index is 0. The standard InChI is InChI=1S/C19H41O4PS2.Na/c1-3-4-5-6-7-8-9-10-11-12-13-14-15-16-18-25-26-19-17-23-24(20,21)22-2;/h3-19H2,1-2H3,(H,20,21);/q;+1/p-1. The molecule has 0 saturated heterocycles. The van der Waals surface area contributed by atoms with E-state index in [1.807, 2.05) is 0 Å². The van der Waals surface area contributed by atoms with Crippen molar-refractivity contribution in [3.8, 4) is 0 Å². The third-order valence-corrected chi connectivity index (χ3v) is 7.71. The maximum Gasteiger partial charge on any atom is 1.00 e. The SMILES string of the molecule is CCCCCCCCCCCCCCCCSSCCOP(=O)([O-])OC.[Na+]. The Morgan fingerprint density at radius 2 is 1.15 bits per heavy atom. The number of hydrogen-bond donors (Lipinski definition) is 0. The predicted octanol–water partition coefficient (Wildman–Crippen LogP) is 3.98. The largest absolute Gasteiger partial charge is 1.00 e. The molecule has 0 bridgehead atoms. The van der Waals surface area contributed by atoms with Crippen LogP contribution < -0.4 is 34.5 Å². The van der Waals surface area contributed by atoms with Crippen molar-refractivity contribution in [1.29, 1.82) is 0 Å². The van der Waals surface area contributed by atoms with E-state index < -0.39 is 7.82 Å². The van der Waals surface area contributed by atoms with E-state index in [4.69, 9.17) is 0 Å². The average molecular weight is 451 g/mol. The van der Waals surface area contributed by atoms with Gasteiger partial charge in [-0.3, -0.25) is 4.57 Å². The van der Waals surface area contributed by atoms with Gasteiger partial charge in [0.05, 0.1) is 6.61 Å². The normalized spacial score (nSPS) is 13.3. The predicted molar refractivity (Wildman–Crippen MR) is 116 cm³/mol. The summed E-state index contributed by atoms with van der Waals surface area (Å²) in [6, 6.07) is 0. The quantitative estimate of drug-likeness (QED) is 0.114. The fraction of sp³-hybridized carbons (Fsp3) is 1.00. The van der Waals surface area contributed by atoms with Gasteiger partial charge in [-0.05, 0) is 6.42 Å². The van der Waals surface area contributed by atoms with Crippen LogP contribution in [-0.2, 0) is 13.6 Å². The van der Waals surface area contributed by atoms with Gasteiger partial charge in [0.15, 0.2) is 0 Å². The molecule has 27 heavy (non-hydrogen) atoms. The van der Waals surface area contributed by atoms with Gasteiger partial charge >= 0.3 is 29.6 Å². The number of phosphoric acid groups is 1. The first-order valence-corrected chi connectivity index (χ1v) is 14.3. The molecule has 1 atom stereocenters. The molecule has 0 aliphatic heterocycles. The summed E-state index contributed by atoms with van der Waals surface area (Å²) < 4.78 is 19.8. The molecule has 0 N–H and O–H groups in total. The zero-order chi connectivity index (χ0) is 19.3. The monoisotopic (exact) mass is 450 g/mol. The Labute approximate surface area is 198 Å². The molecular weight excluding hydrogens is 410 g/mol. The molecule has 0 aromatic heterocycles. The van der Waals surface area contributed by atoms with Gasteiger partial charge in [0, 0.05) is 18.6 Å². The third kappa shape index (κ3) is 25.8. The number of hydrogen-bond acceptors (Lipinski definition) is 6. The Balaban J connectivity index is 0. The molecule has 0 amide bonds. The van der Waals surface area contributed by atoms with Crippen molar-refractivity contribution in [2.75, 3.05) is 25.2 Å². The Hall–Kier alpha value is 1.81. The van der Waals surface area contributed by atoms with Crippen LogP contribution in [0.4, 0.5) is 0 Å². The zero-order valence-corrected chi connectivity index (χ0v) is 22.4. The summed E-state index contributed by atoms with van der Waals surface area (Å²) in [6.07, 6.45) is 19.4. The van der Waals surface area contributed by atoms with E-state index in [2.05, 4.69) is 16.0 Å². The average Bonchev–Trinajstić information content (AvgIpc) is 2.63. The van der Waals surface area contributed by atoms with E-state index >= 15 is 0 Å². The first-order chi connectivity index (χ1) is 12.6. The van der Waals surface area contributed by atoms with E-state index in [9.17, 15) is 9.46 Å². The summed E-state index contributed by atoms with van der Waals surface area (Å²) in [5, 5.41) is 0. The fourth-order valence-corrected chi connectivity index (χ4v) is 5.23. The zero-order valence-electron chi connectivity index (χ0n) is 17.9. The van der Waals surface area contributed by atoms with Crippen molar-refractivity contribution in [3.63, 3.8) is 0 Å². The Kier molecular flexibility index (Phi) is 27.7. The number of phosphoric ester groups is 1. The van der Waals surface area contributed by atoms with Crippen molar-refractivity contribution >= 4 is 29.4 Å². The first kappa shape index (κ1) is 31.0. The molecule has 0 aliphatic carbocycles. The first-order valence-electron chi connectivity index (χ1n) is 10.4. The van der Waals surface area contributed by atoms with Crippen molar-refractivity contribution in [1.82, 2.24) is 0 Å². The smallest absolute Gasteiger partial charge is 0.756 e. The molecule has 0 aliphatic rings. The van der Waals surface area contributed by atoms with Gasteiger partial charge in [0.1, 0.15) is 0 Å². The summed E-state index contributed by atoms with van der Waals surface area (Å²) in [5.74, 6) is 1.79. The number of unbranched alkanes of at least 4 members (excludes halogenated alkanes) is 13. The van der Waals surface area contributed by atoms with Gasteiger partial charge in [-0.15, -0.1) is 0 Å². The van der Waals surface area contributed by atoms with Gasteiger partial charge < -0.3 is 13.9 Å². The molecule has 0 rings (SSSR count). The number of rotatable bonds is 21. The van der Waals surface area contributed by atoms with E-state index in [0.717, 1.165) is 12.9 Å². The van der Waals surface area contributed by atoms with Crippen LogP contribution in [-0.4, -0.2) is 25.2 Å². The van der Waals surface area contributed by atoms with E-state index in [1.54, 1.807) is 21.6 Å². The molecule has 0 radical (unpaired) electrons. The molecule has 0 fully saturated rings. The topological polar surface area (TPSA) is 58.6 Å². The van der Waals surface area contributed by atoms with Crippen LogP contribution in [0.2, 0.25) is 0 Å². The van der Waals surface area contributed by atoms with Gasteiger partial charge in [-0.2, -0.15) is 0 Å². The van der Waals surface area contributed by atoms with Crippen molar-refractivity contribution in [2.24, 2.45) is 0 Å². The second-order valence-electron chi connectivity index (χ2n) is 6.70. The minimum Gasteiger partial charge on any atom is -0.756 e. The molecule has 0 saturated carbocycles. The summed E-state index contributed by atoms with van der Waals surface area (Å²) in [4.78, 5) is 10.9. The summed E-state index contributed by atoms with van der Waals surface area (Å²) in [6.45, 7) is 2.46. The van der Waals surface area contributed by atoms with Crippen LogP contribution in [0.15, 0.2) is 0 Å². The van der Waals surface area contributed by atoms with Crippen LogP contribution in [0.3, 0.4) is 0 Å². The molecule has 0 spiro atoms. The minimum atomic E-state index is -4.04. The molecule has 8 heteroatoms. The molecule has 4 nitrogen and oxygen atoms in total. The summed E-state index contributed by atoms with van der Waals surface area (Å²) >= 11 is 0. The van der Waals surface area contributed by atoms with E-state index in [0.29, 0.717) is 5.75 Å². The second kappa shape index (κ2) is 24.1. The van der Waals surface area contributed by atoms with Gasteiger partial charge in [0.2, 0.25) is 0 Å². The van der Waals surface area contributed by atoms with Crippen molar-refractivity contribution in [2.45, 2.75) is 96.8 Å². The van der Waals surface area contributed by atoms with Crippen molar-refractivity contribution < 1.29 is 48.1 Å². The Bertz CT molecular complexity index is 339. The van der Waals surface area contributed by atoms with Crippen LogP contribution in [0.25, 0.3) is 0 Å². The molecule has 0 aromatic carbocycles. The maximum atomic E-state index is 10.9. The van der Waals surface area contributed by atoms with Gasteiger partial charge in [-0.1, -0.05) is 112 Å². The third-order valence-electron chi connectivity index (χ3n) is 4.30. The molecule has 0 aromatic rings. The van der Waals surface area contributed by atoms with Crippen LogP contribution in [0, 0.1) is 0 Å². The van der Waals surface area contributed by atoms with Crippen LogP contribution >= 0.6 is 29.4 Å². The van der Waals surface area contributed by atoms with Gasteiger partial charge in [-0.25, -0.2) is 0 Å². The molecule has 158 valence electrons. The molecular formula is C19H40NaO4PS2. The molecule has 1 unspecified atom stereocenters. The Morgan fingerprint density at radius 1 is 0.741 bits per heavy atom. The van der Waals surface area contributed by atoms with Crippen LogP contribution in [0.1, 0.15) is 96.8 Å². The van der Waals surface area contributed by atoms with Crippen LogP contribution in [0.5, 0.6) is 0 Å². The summed E-state index contributed by atoms with van der Waals surface area (Å²) in [5.41, 5.74) is 0. The maximum absolute atomic E-state index is 10.9. The molecule has 0 heterocycles. The van der Waals surface area contributed by atoms with Gasteiger partial charge in [0.25, 0.3) is 7.82 Å². The van der Waals surface area contributed by atoms with Crippen molar-refractivity contribution in [3.05, 3.63) is 0 Å². The fourth-order valence-electron chi connectivity index (χ4n) is 2.71.